The molecule has 0 amide bonds. The summed E-state index contributed by atoms with van der Waals surface area (Å²) >= 11 is 6.11. The summed E-state index contributed by atoms with van der Waals surface area (Å²) in [6.45, 7) is 0. The first-order valence-electron chi connectivity index (χ1n) is 6.22. The van der Waals surface area contributed by atoms with E-state index in [9.17, 15) is 0 Å². The molecule has 0 unspecified atom stereocenters. The van der Waals surface area contributed by atoms with Gasteiger partial charge in [-0.15, -0.1) is 0 Å². The van der Waals surface area contributed by atoms with Gasteiger partial charge < -0.3 is 0 Å². The van der Waals surface area contributed by atoms with Crippen molar-refractivity contribution in [2.45, 2.75) is 19.3 Å². The van der Waals surface area contributed by atoms with Crippen LogP contribution in [0.25, 0.3) is 11.6 Å². The molecule has 0 atom stereocenters. The Hall–Kier alpha value is -1.60. The van der Waals surface area contributed by atoms with Crippen molar-refractivity contribution >= 4 is 23.3 Å². The lowest BCUT2D eigenvalue weighted by atomic mass is 9.86. The number of aromatic nitrogens is 1. The molecule has 0 saturated carbocycles. The van der Waals surface area contributed by atoms with Gasteiger partial charge in [0.15, 0.2) is 0 Å². The highest BCUT2D eigenvalue weighted by atomic mass is 35.5. The molecule has 0 fully saturated rings. The second kappa shape index (κ2) is 4.95. The lowest BCUT2D eigenvalue weighted by Crippen LogP contribution is -2.01. The maximum absolute atomic E-state index is 6.11. The standard InChI is InChI=1S/C16H14ClN/c17-15-7-6-13-4-1-5-14(16(13)10-15)9-12-3-2-8-18-11-12/h2-3,6-11H,1,4-5H2/b14-9+. The van der Waals surface area contributed by atoms with Gasteiger partial charge >= 0.3 is 0 Å². The van der Waals surface area contributed by atoms with E-state index in [0.717, 1.165) is 23.4 Å². The molecule has 1 aliphatic carbocycles. The molecule has 90 valence electrons. The van der Waals surface area contributed by atoms with E-state index in [1.54, 1.807) is 6.20 Å². The third kappa shape index (κ3) is 2.32. The van der Waals surface area contributed by atoms with Crippen LogP contribution in [0.4, 0.5) is 0 Å². The zero-order valence-corrected chi connectivity index (χ0v) is 10.8. The summed E-state index contributed by atoms with van der Waals surface area (Å²) in [6.07, 6.45) is 9.39. The minimum Gasteiger partial charge on any atom is -0.264 e. The Balaban J connectivity index is 2.06. The molecule has 0 N–H and O–H groups in total. The molecule has 3 rings (SSSR count). The normalized spacial score (nSPS) is 16.6. The fourth-order valence-corrected chi connectivity index (χ4v) is 2.65. The van der Waals surface area contributed by atoms with Gasteiger partial charge in [0.2, 0.25) is 0 Å². The number of fused-ring (bicyclic) bond motifs is 1. The summed E-state index contributed by atoms with van der Waals surface area (Å²) in [5.41, 5.74) is 5.23. The summed E-state index contributed by atoms with van der Waals surface area (Å²) in [7, 11) is 0. The third-order valence-corrected chi connectivity index (χ3v) is 3.57. The van der Waals surface area contributed by atoms with Gasteiger partial charge in [-0.1, -0.05) is 23.7 Å². The van der Waals surface area contributed by atoms with Crippen molar-refractivity contribution in [3.05, 3.63) is 64.4 Å². The summed E-state index contributed by atoms with van der Waals surface area (Å²) in [5.74, 6) is 0. The Bertz CT molecular complexity index is 587. The number of pyridine rings is 1. The highest BCUT2D eigenvalue weighted by molar-refractivity contribution is 6.30. The number of hydrogen-bond acceptors (Lipinski definition) is 1. The number of aryl methyl sites for hydroxylation is 1. The maximum atomic E-state index is 6.11. The summed E-state index contributed by atoms with van der Waals surface area (Å²) in [5, 5.41) is 0.813. The van der Waals surface area contributed by atoms with Crippen molar-refractivity contribution in [2.75, 3.05) is 0 Å². The van der Waals surface area contributed by atoms with E-state index in [1.807, 2.05) is 18.3 Å². The second-order valence-electron chi connectivity index (χ2n) is 4.61. The predicted molar refractivity (Wildman–Crippen MR) is 76.5 cm³/mol. The molecular weight excluding hydrogens is 242 g/mol. The first-order chi connectivity index (χ1) is 8.83. The largest absolute Gasteiger partial charge is 0.264 e. The lowest BCUT2D eigenvalue weighted by Gasteiger charge is -2.19. The van der Waals surface area contributed by atoms with Crippen LogP contribution in [0, 0.1) is 0 Å². The van der Waals surface area contributed by atoms with E-state index in [4.69, 9.17) is 11.6 Å². The molecule has 0 spiro atoms. The van der Waals surface area contributed by atoms with Gasteiger partial charge in [-0.3, -0.25) is 4.98 Å². The fourth-order valence-electron chi connectivity index (χ4n) is 2.48. The van der Waals surface area contributed by atoms with Crippen LogP contribution in [0.2, 0.25) is 5.02 Å². The van der Waals surface area contributed by atoms with Gasteiger partial charge in [-0.05, 0) is 65.8 Å². The van der Waals surface area contributed by atoms with Crippen molar-refractivity contribution in [2.24, 2.45) is 0 Å². The topological polar surface area (TPSA) is 12.9 Å². The number of allylic oxidation sites excluding steroid dienone is 1. The Morgan fingerprint density at radius 1 is 1.17 bits per heavy atom. The van der Waals surface area contributed by atoms with Gasteiger partial charge in [0.25, 0.3) is 0 Å². The number of halogens is 1. The maximum Gasteiger partial charge on any atom is 0.0412 e. The molecule has 0 saturated heterocycles. The van der Waals surface area contributed by atoms with Gasteiger partial charge in [0.05, 0.1) is 0 Å². The molecule has 2 heteroatoms. The van der Waals surface area contributed by atoms with Crippen LogP contribution in [0.5, 0.6) is 0 Å². The average Bonchev–Trinajstić information content (AvgIpc) is 2.41. The van der Waals surface area contributed by atoms with Crippen LogP contribution >= 0.6 is 11.6 Å². The number of hydrogen-bond donors (Lipinski definition) is 0. The van der Waals surface area contributed by atoms with E-state index in [1.165, 1.54) is 23.1 Å². The summed E-state index contributed by atoms with van der Waals surface area (Å²) in [4.78, 5) is 4.15. The smallest absolute Gasteiger partial charge is 0.0412 e. The predicted octanol–water partition coefficient (Wildman–Crippen LogP) is 4.61. The molecule has 1 heterocycles. The van der Waals surface area contributed by atoms with E-state index < -0.39 is 0 Å². The highest BCUT2D eigenvalue weighted by Gasteiger charge is 2.14. The van der Waals surface area contributed by atoms with Crippen LogP contribution in [0.1, 0.15) is 29.5 Å². The molecule has 0 aliphatic heterocycles. The minimum absolute atomic E-state index is 0.813. The average molecular weight is 256 g/mol. The molecule has 2 aromatic rings. The minimum atomic E-state index is 0.813. The zero-order valence-electron chi connectivity index (χ0n) is 10.1. The Morgan fingerprint density at radius 2 is 2.11 bits per heavy atom. The first-order valence-corrected chi connectivity index (χ1v) is 6.60. The quantitative estimate of drug-likeness (QED) is 0.725. The third-order valence-electron chi connectivity index (χ3n) is 3.34. The Labute approximate surface area is 112 Å². The monoisotopic (exact) mass is 255 g/mol. The van der Waals surface area contributed by atoms with Crippen molar-refractivity contribution in [3.8, 4) is 0 Å². The van der Waals surface area contributed by atoms with E-state index >= 15 is 0 Å². The van der Waals surface area contributed by atoms with Crippen molar-refractivity contribution in [3.63, 3.8) is 0 Å². The van der Waals surface area contributed by atoms with Crippen LogP contribution < -0.4 is 0 Å². The van der Waals surface area contributed by atoms with Crippen molar-refractivity contribution < 1.29 is 0 Å². The molecule has 0 radical (unpaired) electrons. The summed E-state index contributed by atoms with van der Waals surface area (Å²) < 4.78 is 0. The second-order valence-corrected chi connectivity index (χ2v) is 5.05. The molecule has 1 aromatic carbocycles. The van der Waals surface area contributed by atoms with Crippen molar-refractivity contribution in [1.29, 1.82) is 0 Å². The molecule has 1 aromatic heterocycles. The zero-order chi connectivity index (χ0) is 12.4. The van der Waals surface area contributed by atoms with Gasteiger partial charge in [-0.25, -0.2) is 0 Å². The molecule has 1 aliphatic rings. The Morgan fingerprint density at radius 3 is 2.94 bits per heavy atom. The number of benzene rings is 1. The summed E-state index contributed by atoms with van der Waals surface area (Å²) in [6, 6.07) is 10.3. The van der Waals surface area contributed by atoms with Crippen LogP contribution in [-0.4, -0.2) is 4.98 Å². The lowest BCUT2D eigenvalue weighted by molar-refractivity contribution is 0.824. The van der Waals surface area contributed by atoms with Crippen LogP contribution in [0.3, 0.4) is 0 Å². The molecule has 1 nitrogen and oxygen atoms in total. The van der Waals surface area contributed by atoms with Gasteiger partial charge in [0, 0.05) is 17.4 Å². The number of rotatable bonds is 1. The number of nitrogens with zero attached hydrogens (tertiary/aromatic N) is 1. The first kappa shape index (κ1) is 11.5. The van der Waals surface area contributed by atoms with E-state index in [2.05, 4.69) is 29.3 Å². The SMILES string of the molecule is Clc1ccc2c(c1)/C(=C/c1cccnc1)CCC2. The van der Waals surface area contributed by atoms with Gasteiger partial charge in [-0.2, -0.15) is 0 Å². The van der Waals surface area contributed by atoms with E-state index in [-0.39, 0.29) is 0 Å². The molecule has 18 heavy (non-hydrogen) atoms. The Kier molecular flexibility index (Phi) is 3.16. The van der Waals surface area contributed by atoms with Crippen LogP contribution in [0.15, 0.2) is 42.7 Å². The van der Waals surface area contributed by atoms with Crippen molar-refractivity contribution in [1.82, 2.24) is 4.98 Å². The molecular formula is C16H14ClN. The fraction of sp³-hybridized carbons (Fsp3) is 0.188. The highest BCUT2D eigenvalue weighted by Crippen LogP contribution is 2.33. The van der Waals surface area contributed by atoms with Gasteiger partial charge in [0.1, 0.15) is 0 Å². The molecule has 0 bridgehead atoms. The van der Waals surface area contributed by atoms with Crippen LogP contribution in [-0.2, 0) is 6.42 Å². The van der Waals surface area contributed by atoms with E-state index in [0.29, 0.717) is 0 Å².